The summed E-state index contributed by atoms with van der Waals surface area (Å²) in [5, 5.41) is 2.88. The van der Waals surface area contributed by atoms with Crippen molar-refractivity contribution in [2.45, 2.75) is 19.4 Å². The normalized spacial score (nSPS) is 18.0. The summed E-state index contributed by atoms with van der Waals surface area (Å²) in [7, 11) is 0. The van der Waals surface area contributed by atoms with E-state index in [1.54, 1.807) is 4.90 Å². The molecule has 0 aliphatic carbocycles. The quantitative estimate of drug-likeness (QED) is 0.921. The summed E-state index contributed by atoms with van der Waals surface area (Å²) >= 11 is 0. The molecule has 1 N–H and O–H groups in total. The number of likely N-dealkylation sites (tertiary alicyclic amines) is 1. The standard InChI is InChI=1S/C20H20N2O4/c1-13(23)21-17-7-8-22(11-17)20(24)16-4-2-3-14(9-16)15-5-6-18-19(10-15)26-12-25-18/h2-6,9-10,17H,7-8,11-12H2,1H3,(H,21,23)/t17-/m1/s1. The van der Waals surface area contributed by atoms with Gasteiger partial charge in [-0.3, -0.25) is 9.59 Å². The van der Waals surface area contributed by atoms with Crippen LogP contribution in [0.25, 0.3) is 11.1 Å². The summed E-state index contributed by atoms with van der Waals surface area (Å²) in [6.45, 7) is 2.94. The maximum atomic E-state index is 12.8. The Labute approximate surface area is 151 Å². The van der Waals surface area contributed by atoms with Crippen molar-refractivity contribution in [2.75, 3.05) is 19.9 Å². The Hall–Kier alpha value is -3.02. The number of benzene rings is 2. The summed E-state index contributed by atoms with van der Waals surface area (Å²) in [6, 6.07) is 13.4. The van der Waals surface area contributed by atoms with E-state index in [0.717, 1.165) is 29.0 Å². The topological polar surface area (TPSA) is 67.9 Å². The zero-order valence-electron chi connectivity index (χ0n) is 14.5. The predicted molar refractivity (Wildman–Crippen MR) is 96.1 cm³/mol. The Morgan fingerprint density at radius 2 is 1.88 bits per heavy atom. The summed E-state index contributed by atoms with van der Waals surface area (Å²) in [6.07, 6.45) is 0.785. The fourth-order valence-electron chi connectivity index (χ4n) is 3.44. The van der Waals surface area contributed by atoms with Gasteiger partial charge in [-0.15, -0.1) is 0 Å². The van der Waals surface area contributed by atoms with Crippen LogP contribution in [0.3, 0.4) is 0 Å². The van der Waals surface area contributed by atoms with Gasteiger partial charge in [0.25, 0.3) is 5.91 Å². The van der Waals surface area contributed by atoms with Gasteiger partial charge in [-0.05, 0) is 41.8 Å². The third kappa shape index (κ3) is 3.22. The van der Waals surface area contributed by atoms with Crippen molar-refractivity contribution < 1.29 is 19.1 Å². The molecule has 0 radical (unpaired) electrons. The molecule has 1 saturated heterocycles. The number of ether oxygens (including phenoxy) is 2. The van der Waals surface area contributed by atoms with E-state index in [1.807, 2.05) is 42.5 Å². The highest BCUT2D eigenvalue weighted by Gasteiger charge is 2.27. The van der Waals surface area contributed by atoms with E-state index < -0.39 is 0 Å². The molecule has 2 aliphatic heterocycles. The smallest absolute Gasteiger partial charge is 0.253 e. The van der Waals surface area contributed by atoms with E-state index in [4.69, 9.17) is 9.47 Å². The predicted octanol–water partition coefficient (Wildman–Crippen LogP) is 2.43. The number of nitrogens with zero attached hydrogens (tertiary/aromatic N) is 1. The van der Waals surface area contributed by atoms with Gasteiger partial charge in [0.1, 0.15) is 0 Å². The summed E-state index contributed by atoms with van der Waals surface area (Å²) < 4.78 is 10.8. The maximum Gasteiger partial charge on any atom is 0.253 e. The summed E-state index contributed by atoms with van der Waals surface area (Å²) in [5.74, 6) is 1.38. The second kappa shape index (κ2) is 6.71. The molecule has 1 fully saturated rings. The molecule has 26 heavy (non-hydrogen) atoms. The second-order valence-corrected chi connectivity index (χ2v) is 6.59. The van der Waals surface area contributed by atoms with Crippen LogP contribution < -0.4 is 14.8 Å². The van der Waals surface area contributed by atoms with Crippen LogP contribution in [0.5, 0.6) is 11.5 Å². The van der Waals surface area contributed by atoms with Crippen molar-refractivity contribution in [3.63, 3.8) is 0 Å². The Balaban J connectivity index is 1.52. The largest absolute Gasteiger partial charge is 0.454 e. The zero-order chi connectivity index (χ0) is 18.1. The van der Waals surface area contributed by atoms with Crippen molar-refractivity contribution in [2.24, 2.45) is 0 Å². The molecule has 134 valence electrons. The lowest BCUT2D eigenvalue weighted by atomic mass is 10.0. The van der Waals surface area contributed by atoms with E-state index in [1.165, 1.54) is 6.92 Å². The Morgan fingerprint density at radius 3 is 2.73 bits per heavy atom. The van der Waals surface area contributed by atoms with Crippen LogP contribution in [0.15, 0.2) is 42.5 Å². The number of carbonyl (C=O) groups is 2. The van der Waals surface area contributed by atoms with Gasteiger partial charge in [0.15, 0.2) is 11.5 Å². The minimum absolute atomic E-state index is 0.0135. The minimum Gasteiger partial charge on any atom is -0.454 e. The highest BCUT2D eigenvalue weighted by atomic mass is 16.7. The van der Waals surface area contributed by atoms with Gasteiger partial charge in [-0.2, -0.15) is 0 Å². The van der Waals surface area contributed by atoms with Crippen molar-refractivity contribution in [3.8, 4) is 22.6 Å². The summed E-state index contributed by atoms with van der Waals surface area (Å²) in [5.41, 5.74) is 2.57. The number of rotatable bonds is 3. The lowest BCUT2D eigenvalue weighted by Crippen LogP contribution is -2.37. The first-order valence-corrected chi connectivity index (χ1v) is 8.66. The number of hydrogen-bond acceptors (Lipinski definition) is 4. The lowest BCUT2D eigenvalue weighted by molar-refractivity contribution is -0.119. The molecule has 1 atom stereocenters. The van der Waals surface area contributed by atoms with Gasteiger partial charge in [0, 0.05) is 31.6 Å². The average molecular weight is 352 g/mol. The molecule has 2 heterocycles. The third-order valence-electron chi connectivity index (χ3n) is 4.70. The van der Waals surface area contributed by atoms with E-state index in [9.17, 15) is 9.59 Å². The molecular weight excluding hydrogens is 332 g/mol. The Kier molecular flexibility index (Phi) is 4.24. The van der Waals surface area contributed by atoms with Gasteiger partial charge < -0.3 is 19.7 Å². The molecule has 0 saturated carbocycles. The SMILES string of the molecule is CC(=O)N[C@@H]1CCN(C(=O)c2cccc(-c3ccc4c(c3)OCO4)c2)C1. The molecule has 2 aliphatic rings. The van der Waals surface area contributed by atoms with E-state index in [-0.39, 0.29) is 24.6 Å². The molecule has 0 bridgehead atoms. The fourth-order valence-corrected chi connectivity index (χ4v) is 3.44. The van der Waals surface area contributed by atoms with E-state index in [2.05, 4.69) is 5.32 Å². The maximum absolute atomic E-state index is 12.8. The number of nitrogens with one attached hydrogen (secondary N) is 1. The monoisotopic (exact) mass is 352 g/mol. The molecular formula is C20H20N2O4. The molecule has 4 rings (SSSR count). The van der Waals surface area contributed by atoms with Crippen molar-refractivity contribution in [1.29, 1.82) is 0 Å². The van der Waals surface area contributed by atoms with Crippen LogP contribution in [0.4, 0.5) is 0 Å². The minimum atomic E-state index is -0.0610. The van der Waals surface area contributed by atoms with Crippen LogP contribution >= 0.6 is 0 Å². The van der Waals surface area contributed by atoms with Crippen molar-refractivity contribution in [3.05, 3.63) is 48.0 Å². The van der Waals surface area contributed by atoms with Gasteiger partial charge in [-0.25, -0.2) is 0 Å². The molecule has 2 aromatic rings. The van der Waals surface area contributed by atoms with Crippen LogP contribution in [-0.4, -0.2) is 42.6 Å². The van der Waals surface area contributed by atoms with Gasteiger partial charge in [0.2, 0.25) is 12.7 Å². The molecule has 6 nitrogen and oxygen atoms in total. The molecule has 2 aromatic carbocycles. The molecule has 6 heteroatoms. The van der Waals surface area contributed by atoms with Crippen LogP contribution in [0.2, 0.25) is 0 Å². The third-order valence-corrected chi connectivity index (χ3v) is 4.70. The first kappa shape index (κ1) is 16.4. The first-order chi connectivity index (χ1) is 12.6. The first-order valence-electron chi connectivity index (χ1n) is 8.66. The number of carbonyl (C=O) groups excluding carboxylic acids is 2. The lowest BCUT2D eigenvalue weighted by Gasteiger charge is -2.17. The number of hydrogen-bond donors (Lipinski definition) is 1. The van der Waals surface area contributed by atoms with Crippen molar-refractivity contribution in [1.82, 2.24) is 10.2 Å². The second-order valence-electron chi connectivity index (χ2n) is 6.59. The Morgan fingerprint density at radius 1 is 1.08 bits per heavy atom. The van der Waals surface area contributed by atoms with Gasteiger partial charge in [0.05, 0.1) is 0 Å². The van der Waals surface area contributed by atoms with Crippen LogP contribution in [-0.2, 0) is 4.79 Å². The molecule has 0 aromatic heterocycles. The van der Waals surface area contributed by atoms with Gasteiger partial charge in [-0.1, -0.05) is 18.2 Å². The van der Waals surface area contributed by atoms with Crippen LogP contribution in [0, 0.1) is 0 Å². The molecule has 2 amide bonds. The Bertz CT molecular complexity index is 865. The highest BCUT2D eigenvalue weighted by molar-refractivity contribution is 5.95. The average Bonchev–Trinajstić information content (AvgIpc) is 3.29. The van der Waals surface area contributed by atoms with Gasteiger partial charge >= 0.3 is 0 Å². The highest BCUT2D eigenvalue weighted by Crippen LogP contribution is 2.36. The number of amides is 2. The van der Waals surface area contributed by atoms with Crippen molar-refractivity contribution >= 4 is 11.8 Å². The molecule has 0 unspecified atom stereocenters. The fraction of sp³-hybridized carbons (Fsp3) is 0.300. The zero-order valence-corrected chi connectivity index (χ0v) is 14.5. The van der Waals surface area contributed by atoms with E-state index >= 15 is 0 Å². The number of fused-ring (bicyclic) bond motifs is 1. The molecule has 0 spiro atoms. The van der Waals surface area contributed by atoms with E-state index in [0.29, 0.717) is 18.7 Å². The van der Waals surface area contributed by atoms with Crippen LogP contribution in [0.1, 0.15) is 23.7 Å². The summed E-state index contributed by atoms with van der Waals surface area (Å²) in [4.78, 5) is 25.8.